The number of hydrogen-bond donors (Lipinski definition) is 1. The van der Waals surface area contributed by atoms with Crippen LogP contribution in [-0.4, -0.2) is 10.0 Å². The van der Waals surface area contributed by atoms with Gasteiger partial charge in [-0.15, -0.1) is 0 Å². The van der Waals surface area contributed by atoms with E-state index in [1.807, 2.05) is 0 Å². The first-order chi connectivity index (χ1) is 10.0. The Morgan fingerprint density at radius 2 is 1.90 bits per heavy atom. The number of rotatable bonds is 9. The van der Waals surface area contributed by atoms with Crippen LogP contribution < -0.4 is 0 Å². The maximum absolute atomic E-state index is 10.7. The molecule has 21 heavy (non-hydrogen) atoms. The molecule has 0 aliphatic heterocycles. The monoisotopic (exact) mass is 291 g/mol. The van der Waals surface area contributed by atoms with Crippen molar-refractivity contribution in [3.05, 3.63) is 52.1 Å². The van der Waals surface area contributed by atoms with Gasteiger partial charge in [-0.2, -0.15) is 0 Å². The van der Waals surface area contributed by atoms with Crippen molar-refractivity contribution in [2.45, 2.75) is 52.1 Å². The summed E-state index contributed by atoms with van der Waals surface area (Å²) in [7, 11) is 0. The summed E-state index contributed by atoms with van der Waals surface area (Å²) in [6, 6.07) is 6.16. The molecule has 0 aliphatic rings. The van der Waals surface area contributed by atoms with Gasteiger partial charge in [0.2, 0.25) is 0 Å². The van der Waals surface area contributed by atoms with E-state index in [2.05, 4.69) is 20.4 Å². The number of nitro benzene ring substituents is 1. The van der Waals surface area contributed by atoms with Gasteiger partial charge in [0.25, 0.3) is 5.69 Å². The molecule has 1 rings (SSSR count). The second-order valence-electron chi connectivity index (χ2n) is 5.45. The van der Waals surface area contributed by atoms with Crippen molar-refractivity contribution in [2.75, 3.05) is 0 Å². The largest absolute Gasteiger partial charge is 0.388 e. The highest BCUT2D eigenvalue weighted by atomic mass is 16.6. The van der Waals surface area contributed by atoms with Crippen LogP contribution >= 0.6 is 0 Å². The minimum absolute atomic E-state index is 0.0167. The highest BCUT2D eigenvalue weighted by molar-refractivity contribution is 5.34. The molecule has 1 aromatic carbocycles. The van der Waals surface area contributed by atoms with Gasteiger partial charge in [-0.1, -0.05) is 38.8 Å². The first kappa shape index (κ1) is 17.4. The van der Waals surface area contributed by atoms with Gasteiger partial charge in [-0.3, -0.25) is 10.1 Å². The number of aliphatic hydroxyl groups is 1. The zero-order chi connectivity index (χ0) is 15.8. The van der Waals surface area contributed by atoms with Crippen molar-refractivity contribution < 1.29 is 10.0 Å². The van der Waals surface area contributed by atoms with Gasteiger partial charge in [-0.25, -0.2) is 0 Å². The lowest BCUT2D eigenvalue weighted by Gasteiger charge is -2.25. The van der Waals surface area contributed by atoms with Gasteiger partial charge in [0, 0.05) is 18.1 Å². The summed E-state index contributed by atoms with van der Waals surface area (Å²) < 4.78 is 0. The number of aliphatic hydroxyl groups excluding tert-OH is 1. The van der Waals surface area contributed by atoms with E-state index >= 15 is 0 Å². The molecule has 116 valence electrons. The number of non-ortho nitro benzene ring substituents is 1. The normalized spacial score (nSPS) is 13.7. The highest BCUT2D eigenvalue weighted by Gasteiger charge is 2.23. The molecule has 0 saturated carbocycles. The third-order valence-electron chi connectivity index (χ3n) is 3.80. The van der Waals surface area contributed by atoms with Crippen LogP contribution in [0.2, 0.25) is 0 Å². The van der Waals surface area contributed by atoms with Crippen molar-refractivity contribution >= 4 is 5.69 Å². The molecule has 1 aromatic rings. The van der Waals surface area contributed by atoms with Crippen molar-refractivity contribution in [2.24, 2.45) is 5.92 Å². The summed E-state index contributed by atoms with van der Waals surface area (Å²) in [4.78, 5) is 10.2. The molecule has 0 radical (unpaired) electrons. The minimum Gasteiger partial charge on any atom is -0.388 e. The van der Waals surface area contributed by atoms with Gasteiger partial charge < -0.3 is 5.11 Å². The summed E-state index contributed by atoms with van der Waals surface area (Å²) in [5, 5.41) is 21.3. The second-order valence-corrected chi connectivity index (χ2v) is 5.45. The number of benzene rings is 1. The van der Waals surface area contributed by atoms with E-state index in [-0.39, 0.29) is 11.6 Å². The average Bonchev–Trinajstić information content (AvgIpc) is 2.49. The summed E-state index contributed by atoms with van der Waals surface area (Å²) in [6.45, 7) is 8.36. The van der Waals surface area contributed by atoms with Crippen molar-refractivity contribution in [1.82, 2.24) is 0 Å². The Bertz CT molecular complexity index is 467. The third-order valence-corrected chi connectivity index (χ3v) is 3.80. The Morgan fingerprint density at radius 1 is 1.29 bits per heavy atom. The molecule has 4 nitrogen and oxygen atoms in total. The van der Waals surface area contributed by atoms with Crippen LogP contribution in [0.25, 0.3) is 0 Å². The fraction of sp³-hybridized carbons (Fsp3) is 0.529. The molecule has 0 bridgehead atoms. The quantitative estimate of drug-likeness (QED) is 0.404. The smallest absolute Gasteiger partial charge is 0.269 e. The molecule has 0 unspecified atom stereocenters. The zero-order valence-electron chi connectivity index (χ0n) is 12.9. The predicted molar refractivity (Wildman–Crippen MR) is 85.1 cm³/mol. The molecule has 1 N–H and O–H groups in total. The molecule has 0 aliphatic carbocycles. The van der Waals surface area contributed by atoms with Crippen LogP contribution in [-0.2, 0) is 0 Å². The Morgan fingerprint density at radius 3 is 2.38 bits per heavy atom. The van der Waals surface area contributed by atoms with Crippen LogP contribution in [0.3, 0.4) is 0 Å². The van der Waals surface area contributed by atoms with Crippen molar-refractivity contribution in [3.63, 3.8) is 0 Å². The lowest BCUT2D eigenvalue weighted by atomic mass is 9.84. The van der Waals surface area contributed by atoms with Gasteiger partial charge in [0.05, 0.1) is 11.0 Å². The van der Waals surface area contributed by atoms with Crippen LogP contribution in [0.1, 0.15) is 57.6 Å². The van der Waals surface area contributed by atoms with E-state index in [0.29, 0.717) is 0 Å². The second kappa shape index (κ2) is 8.57. The molecule has 0 saturated heterocycles. The maximum Gasteiger partial charge on any atom is 0.269 e. The standard InChI is InChI=1S/C17H25NO3/c1-4-6-8-13(3)16(7-5-2)17(19)14-9-11-15(12-10-14)18(20)21/h9-12,16-17,19H,3-8H2,1-2H3/t16-,17+/m0/s1. The van der Waals surface area contributed by atoms with Crippen molar-refractivity contribution in [1.29, 1.82) is 0 Å². The number of nitro groups is 1. The first-order valence-electron chi connectivity index (χ1n) is 7.61. The van der Waals surface area contributed by atoms with Crippen molar-refractivity contribution in [3.8, 4) is 0 Å². The summed E-state index contributed by atoms with van der Waals surface area (Å²) in [5.41, 5.74) is 1.84. The number of hydrogen-bond acceptors (Lipinski definition) is 3. The Balaban J connectivity index is 2.86. The molecule has 0 amide bonds. The zero-order valence-corrected chi connectivity index (χ0v) is 12.9. The maximum atomic E-state index is 10.7. The number of unbranched alkanes of at least 4 members (excludes halogenated alkanes) is 1. The Kier molecular flexibility index (Phi) is 7.09. The average molecular weight is 291 g/mol. The third kappa shape index (κ3) is 4.97. The van der Waals surface area contributed by atoms with E-state index in [1.54, 1.807) is 12.1 Å². The summed E-state index contributed by atoms with van der Waals surface area (Å²) in [6.07, 6.45) is 4.30. The number of nitrogens with zero attached hydrogens (tertiary/aromatic N) is 1. The molecule has 0 heterocycles. The van der Waals surface area contributed by atoms with Crippen LogP contribution in [0, 0.1) is 16.0 Å². The fourth-order valence-electron chi connectivity index (χ4n) is 2.51. The first-order valence-corrected chi connectivity index (χ1v) is 7.61. The topological polar surface area (TPSA) is 63.4 Å². The fourth-order valence-corrected chi connectivity index (χ4v) is 2.51. The molecule has 0 aromatic heterocycles. The van der Waals surface area contributed by atoms with E-state index < -0.39 is 11.0 Å². The minimum atomic E-state index is -0.643. The predicted octanol–water partition coefficient (Wildman–Crippen LogP) is 4.79. The molecule has 2 atom stereocenters. The van der Waals surface area contributed by atoms with E-state index in [1.165, 1.54) is 12.1 Å². The Hall–Kier alpha value is -1.68. The van der Waals surface area contributed by atoms with Crippen LogP contribution in [0.4, 0.5) is 5.69 Å². The van der Waals surface area contributed by atoms with Gasteiger partial charge in [0.15, 0.2) is 0 Å². The van der Waals surface area contributed by atoms with Crippen LogP contribution in [0.15, 0.2) is 36.4 Å². The lowest BCUT2D eigenvalue weighted by molar-refractivity contribution is -0.384. The molecule has 4 heteroatoms. The summed E-state index contributed by atoms with van der Waals surface area (Å²) >= 11 is 0. The molecular formula is C17H25NO3. The lowest BCUT2D eigenvalue weighted by Crippen LogP contribution is -2.15. The van der Waals surface area contributed by atoms with Gasteiger partial charge in [0.1, 0.15) is 0 Å². The SMILES string of the molecule is C=C(CCCC)[C@H](CCC)[C@H](O)c1ccc([N+](=O)[O-])cc1. The molecule has 0 spiro atoms. The van der Waals surface area contributed by atoms with Gasteiger partial charge >= 0.3 is 0 Å². The van der Waals surface area contributed by atoms with E-state index in [0.717, 1.165) is 43.2 Å². The molecular weight excluding hydrogens is 266 g/mol. The highest BCUT2D eigenvalue weighted by Crippen LogP contribution is 2.33. The summed E-state index contributed by atoms with van der Waals surface area (Å²) in [5.74, 6) is 0.0167. The van der Waals surface area contributed by atoms with E-state index in [4.69, 9.17) is 0 Å². The molecule has 0 fully saturated rings. The van der Waals surface area contributed by atoms with Crippen LogP contribution in [0.5, 0.6) is 0 Å². The Labute approximate surface area is 126 Å². The van der Waals surface area contributed by atoms with Gasteiger partial charge in [-0.05, 0) is 37.0 Å². The van der Waals surface area contributed by atoms with E-state index in [9.17, 15) is 15.2 Å².